The summed E-state index contributed by atoms with van der Waals surface area (Å²) in [6.45, 7) is 4.03. The monoisotopic (exact) mass is 292 g/mol. The molecule has 0 amide bonds. The zero-order valence-corrected chi connectivity index (χ0v) is 13.2. The van der Waals surface area contributed by atoms with Gasteiger partial charge in [-0.1, -0.05) is 19.1 Å². The van der Waals surface area contributed by atoms with Gasteiger partial charge >= 0.3 is 0 Å². The third-order valence-corrected chi connectivity index (χ3v) is 4.44. The molecule has 2 rings (SSSR count). The van der Waals surface area contributed by atoms with Crippen LogP contribution in [0.15, 0.2) is 18.2 Å². The molecule has 0 unspecified atom stereocenters. The molecule has 3 N–H and O–H groups in total. The highest BCUT2D eigenvalue weighted by Crippen LogP contribution is 2.32. The molecule has 4 heteroatoms. The lowest BCUT2D eigenvalue weighted by atomic mass is 9.90. The number of phenols is 1. The van der Waals surface area contributed by atoms with Crippen molar-refractivity contribution in [3.8, 4) is 11.5 Å². The summed E-state index contributed by atoms with van der Waals surface area (Å²) in [5.74, 6) is 0.822. The van der Waals surface area contributed by atoms with E-state index >= 15 is 0 Å². The van der Waals surface area contributed by atoms with Crippen LogP contribution in [0.2, 0.25) is 0 Å². The Hall–Kier alpha value is -1.26. The first-order valence-corrected chi connectivity index (χ1v) is 8.00. The fraction of sp³-hybridized carbons (Fsp3) is 0.647. The second-order valence-corrected chi connectivity index (χ2v) is 6.01. The van der Waals surface area contributed by atoms with Crippen LogP contribution in [0.1, 0.15) is 44.6 Å². The molecule has 21 heavy (non-hydrogen) atoms. The lowest BCUT2D eigenvalue weighted by molar-refractivity contribution is 0.140. The number of aromatic hydroxyl groups is 1. The first kappa shape index (κ1) is 16.1. The highest BCUT2D eigenvalue weighted by molar-refractivity contribution is 5.45. The molecular weight excluding hydrogens is 264 g/mol. The number of rotatable bonds is 6. The molecule has 0 radical (unpaired) electrons. The number of hydrogen-bond acceptors (Lipinski definition) is 4. The zero-order valence-electron chi connectivity index (χ0n) is 13.2. The first-order valence-electron chi connectivity index (χ1n) is 8.00. The van der Waals surface area contributed by atoms with Crippen LogP contribution in [-0.2, 0) is 6.54 Å². The number of ether oxygens (including phenoxy) is 1. The lowest BCUT2D eigenvalue weighted by Crippen LogP contribution is -2.40. The minimum absolute atomic E-state index is 0.272. The third-order valence-electron chi connectivity index (χ3n) is 4.44. The zero-order chi connectivity index (χ0) is 15.2. The van der Waals surface area contributed by atoms with E-state index in [2.05, 4.69) is 11.8 Å². The summed E-state index contributed by atoms with van der Waals surface area (Å²) >= 11 is 0. The first-order chi connectivity index (χ1) is 10.2. The molecule has 1 fully saturated rings. The number of para-hydroxylation sites is 1. The minimum Gasteiger partial charge on any atom is -0.504 e. The van der Waals surface area contributed by atoms with Gasteiger partial charge in [0.05, 0.1) is 7.11 Å². The maximum atomic E-state index is 10.3. The van der Waals surface area contributed by atoms with Crippen molar-refractivity contribution >= 4 is 0 Å². The number of nitrogens with two attached hydrogens (primary N) is 1. The topological polar surface area (TPSA) is 58.7 Å². The average Bonchev–Trinajstić information content (AvgIpc) is 2.49. The summed E-state index contributed by atoms with van der Waals surface area (Å²) in [5, 5.41) is 10.3. The molecule has 0 atom stereocenters. The minimum atomic E-state index is 0.272. The molecule has 1 aromatic carbocycles. The molecule has 1 aromatic rings. The highest BCUT2D eigenvalue weighted by Gasteiger charge is 2.24. The third kappa shape index (κ3) is 4.11. The smallest absolute Gasteiger partial charge is 0.162 e. The van der Waals surface area contributed by atoms with E-state index in [-0.39, 0.29) is 5.75 Å². The van der Waals surface area contributed by atoms with E-state index in [9.17, 15) is 5.11 Å². The summed E-state index contributed by atoms with van der Waals surface area (Å²) < 4.78 is 5.20. The molecule has 1 saturated carbocycles. The molecule has 4 nitrogen and oxygen atoms in total. The molecule has 0 saturated heterocycles. The molecule has 0 heterocycles. The summed E-state index contributed by atoms with van der Waals surface area (Å²) in [4.78, 5) is 2.49. The Kier molecular flexibility index (Phi) is 5.88. The molecule has 1 aliphatic carbocycles. The molecule has 118 valence electrons. The van der Waals surface area contributed by atoms with Crippen LogP contribution in [0.4, 0.5) is 0 Å². The van der Waals surface area contributed by atoms with Crippen molar-refractivity contribution in [2.75, 3.05) is 13.7 Å². The Morgan fingerprint density at radius 1 is 1.29 bits per heavy atom. The summed E-state index contributed by atoms with van der Waals surface area (Å²) in [7, 11) is 1.59. The fourth-order valence-electron chi connectivity index (χ4n) is 3.22. The van der Waals surface area contributed by atoms with Crippen molar-refractivity contribution in [2.45, 2.75) is 57.7 Å². The van der Waals surface area contributed by atoms with Crippen molar-refractivity contribution in [1.29, 1.82) is 0 Å². The molecule has 0 aliphatic heterocycles. The van der Waals surface area contributed by atoms with Gasteiger partial charge in [0.1, 0.15) is 0 Å². The number of phenolic OH excluding ortho intramolecular Hbond substituents is 1. The number of nitrogens with zero attached hydrogens (tertiary/aromatic N) is 1. The van der Waals surface area contributed by atoms with Gasteiger partial charge in [-0.25, -0.2) is 0 Å². The fourth-order valence-corrected chi connectivity index (χ4v) is 3.22. The van der Waals surface area contributed by atoms with Gasteiger partial charge in [0.15, 0.2) is 11.5 Å². The second kappa shape index (κ2) is 7.66. The van der Waals surface area contributed by atoms with Crippen LogP contribution in [0, 0.1) is 0 Å². The van der Waals surface area contributed by atoms with E-state index in [1.165, 1.54) is 0 Å². The Labute approximate surface area is 127 Å². The van der Waals surface area contributed by atoms with Crippen molar-refractivity contribution in [3.63, 3.8) is 0 Å². The second-order valence-electron chi connectivity index (χ2n) is 6.01. The summed E-state index contributed by atoms with van der Waals surface area (Å²) in [6, 6.07) is 6.66. The predicted octanol–water partition coefficient (Wildman–Crippen LogP) is 2.88. The molecule has 1 aliphatic rings. The summed E-state index contributed by atoms with van der Waals surface area (Å²) in [6.07, 6.45) is 5.65. The van der Waals surface area contributed by atoms with Crippen molar-refractivity contribution < 1.29 is 9.84 Å². The maximum absolute atomic E-state index is 10.3. The molecular formula is C17H28N2O2. The van der Waals surface area contributed by atoms with Crippen molar-refractivity contribution in [3.05, 3.63) is 23.8 Å². The molecule has 0 aromatic heterocycles. The van der Waals surface area contributed by atoms with E-state index in [4.69, 9.17) is 10.5 Å². The average molecular weight is 292 g/mol. The van der Waals surface area contributed by atoms with E-state index in [1.807, 2.05) is 12.1 Å². The Balaban J connectivity index is 2.09. The standard InChI is InChI=1S/C17H28N2O2/c1-3-11-19(15-9-7-14(18)8-10-15)12-13-5-4-6-16(21-2)17(13)20/h4-6,14-15,20H,3,7-12,18H2,1-2H3. The Morgan fingerprint density at radius 2 is 2.00 bits per heavy atom. The van der Waals surface area contributed by atoms with Crippen LogP contribution in [0.3, 0.4) is 0 Å². The van der Waals surface area contributed by atoms with Gasteiger partial charge in [0.25, 0.3) is 0 Å². The number of hydrogen-bond donors (Lipinski definition) is 2. The largest absolute Gasteiger partial charge is 0.504 e. The SMILES string of the molecule is CCCN(Cc1cccc(OC)c1O)C1CCC(N)CC1. The van der Waals surface area contributed by atoms with Crippen LogP contribution in [0.5, 0.6) is 11.5 Å². The summed E-state index contributed by atoms with van der Waals surface area (Å²) in [5.41, 5.74) is 6.95. The van der Waals surface area contributed by atoms with Crippen LogP contribution >= 0.6 is 0 Å². The van der Waals surface area contributed by atoms with E-state index in [0.29, 0.717) is 17.8 Å². The normalized spacial score (nSPS) is 22.5. The molecule has 0 bridgehead atoms. The van der Waals surface area contributed by atoms with E-state index in [1.54, 1.807) is 13.2 Å². The van der Waals surface area contributed by atoms with Crippen molar-refractivity contribution in [2.24, 2.45) is 5.73 Å². The van der Waals surface area contributed by atoms with E-state index < -0.39 is 0 Å². The van der Waals surface area contributed by atoms with Crippen molar-refractivity contribution in [1.82, 2.24) is 4.90 Å². The van der Waals surface area contributed by atoms with Gasteiger partial charge in [0, 0.05) is 24.2 Å². The number of methoxy groups -OCH3 is 1. The van der Waals surface area contributed by atoms with E-state index in [0.717, 1.165) is 50.8 Å². The quantitative estimate of drug-likeness (QED) is 0.846. The van der Waals surface area contributed by atoms with Gasteiger partial charge in [0.2, 0.25) is 0 Å². The molecule has 0 spiro atoms. The Bertz CT molecular complexity index is 442. The van der Waals surface area contributed by atoms with Crippen LogP contribution in [-0.4, -0.2) is 35.7 Å². The van der Waals surface area contributed by atoms with Crippen LogP contribution < -0.4 is 10.5 Å². The van der Waals surface area contributed by atoms with Gasteiger partial charge in [-0.3, -0.25) is 4.90 Å². The van der Waals surface area contributed by atoms with Gasteiger partial charge in [-0.05, 0) is 44.7 Å². The lowest BCUT2D eigenvalue weighted by Gasteiger charge is -2.36. The maximum Gasteiger partial charge on any atom is 0.162 e. The van der Waals surface area contributed by atoms with Crippen LogP contribution in [0.25, 0.3) is 0 Å². The number of benzene rings is 1. The Morgan fingerprint density at radius 3 is 2.62 bits per heavy atom. The highest BCUT2D eigenvalue weighted by atomic mass is 16.5. The van der Waals surface area contributed by atoms with Gasteiger partial charge in [-0.15, -0.1) is 0 Å². The van der Waals surface area contributed by atoms with Gasteiger partial charge in [-0.2, -0.15) is 0 Å². The van der Waals surface area contributed by atoms with Gasteiger partial charge < -0.3 is 15.6 Å². The predicted molar refractivity (Wildman–Crippen MR) is 85.6 cm³/mol.